The van der Waals surface area contributed by atoms with E-state index in [1.807, 2.05) is 32.2 Å². The topological polar surface area (TPSA) is 65.5 Å². The molecule has 0 bridgehead atoms. The average molecular weight is 418 g/mol. The van der Waals surface area contributed by atoms with Crippen molar-refractivity contribution in [3.63, 3.8) is 0 Å². The van der Waals surface area contributed by atoms with Crippen LogP contribution in [0.3, 0.4) is 0 Å². The van der Waals surface area contributed by atoms with Gasteiger partial charge in [-0.2, -0.15) is 0 Å². The molecule has 0 N–H and O–H groups in total. The van der Waals surface area contributed by atoms with Gasteiger partial charge < -0.3 is 9.47 Å². The number of hydrogen-bond donors (Lipinski definition) is 0. The van der Waals surface area contributed by atoms with E-state index < -0.39 is 0 Å². The van der Waals surface area contributed by atoms with Crippen LogP contribution >= 0.6 is 11.3 Å². The predicted molar refractivity (Wildman–Crippen MR) is 116 cm³/mol. The van der Waals surface area contributed by atoms with Gasteiger partial charge in [0.1, 0.15) is 23.8 Å². The minimum Gasteiger partial charge on any atom is -0.491 e. The summed E-state index contributed by atoms with van der Waals surface area (Å²) in [5, 5.41) is 2.75. The van der Waals surface area contributed by atoms with Gasteiger partial charge in [0.15, 0.2) is 0 Å². The zero-order chi connectivity index (χ0) is 21.7. The summed E-state index contributed by atoms with van der Waals surface area (Å²) >= 11 is 1.50. The number of carbonyl (C=O) groups is 2. The molecule has 6 heteroatoms. The third-order valence-electron chi connectivity index (χ3n) is 4.28. The second-order valence-corrected chi connectivity index (χ2v) is 9.89. The Hall–Kier alpha value is -2.05. The van der Waals surface area contributed by atoms with E-state index in [2.05, 4.69) is 25.8 Å². The van der Waals surface area contributed by atoms with Crippen LogP contribution in [0.15, 0.2) is 29.6 Å². The highest BCUT2D eigenvalue weighted by molar-refractivity contribution is 7.10. The van der Waals surface area contributed by atoms with Crippen molar-refractivity contribution >= 4 is 22.9 Å². The number of ether oxygens (including phenoxy) is 2. The molecule has 1 aromatic heterocycles. The molecule has 158 valence electrons. The largest absolute Gasteiger partial charge is 0.491 e. The molecule has 1 heterocycles. The number of carbonyl (C=O) groups excluding carboxylic acids is 2. The highest BCUT2D eigenvalue weighted by atomic mass is 32.1. The normalized spacial score (nSPS) is 12.1. The van der Waals surface area contributed by atoms with Crippen molar-refractivity contribution < 1.29 is 19.1 Å². The zero-order valence-electron chi connectivity index (χ0n) is 18.2. The van der Waals surface area contributed by atoms with Crippen LogP contribution in [0.25, 0.3) is 0 Å². The summed E-state index contributed by atoms with van der Waals surface area (Å²) in [6.07, 6.45) is 0.400. The fourth-order valence-corrected chi connectivity index (χ4v) is 3.35. The van der Waals surface area contributed by atoms with Crippen molar-refractivity contribution in [3.8, 4) is 5.75 Å². The third kappa shape index (κ3) is 7.05. The van der Waals surface area contributed by atoms with Crippen molar-refractivity contribution in [1.82, 2.24) is 4.98 Å². The number of ketones is 2. The van der Waals surface area contributed by atoms with Crippen LogP contribution in [0.1, 0.15) is 69.0 Å². The number of rotatable bonds is 9. The Bertz CT molecular complexity index is 843. The van der Waals surface area contributed by atoms with E-state index in [1.54, 1.807) is 18.2 Å². The van der Waals surface area contributed by atoms with E-state index in [4.69, 9.17) is 9.47 Å². The lowest BCUT2D eigenvalue weighted by Crippen LogP contribution is -2.22. The summed E-state index contributed by atoms with van der Waals surface area (Å²) in [5.41, 5.74) is 0.595. The SMILES string of the molecule is CC(C)(C)C(=O)CCOCCOc1cccc(C(=O)c2csc(C(C)(C)C)n2)c1. The van der Waals surface area contributed by atoms with Gasteiger partial charge in [-0.15, -0.1) is 11.3 Å². The van der Waals surface area contributed by atoms with Gasteiger partial charge in [0.2, 0.25) is 5.78 Å². The molecule has 0 aliphatic rings. The van der Waals surface area contributed by atoms with Crippen LogP contribution in [0.4, 0.5) is 0 Å². The monoisotopic (exact) mass is 417 g/mol. The van der Waals surface area contributed by atoms with Crippen LogP contribution < -0.4 is 4.74 Å². The highest BCUT2D eigenvalue weighted by Gasteiger charge is 2.21. The number of hydrogen-bond acceptors (Lipinski definition) is 6. The van der Waals surface area contributed by atoms with Crippen LogP contribution in [0.5, 0.6) is 5.75 Å². The van der Waals surface area contributed by atoms with Gasteiger partial charge >= 0.3 is 0 Å². The summed E-state index contributed by atoms with van der Waals surface area (Å²) in [6, 6.07) is 7.09. The maximum absolute atomic E-state index is 12.7. The second kappa shape index (κ2) is 9.63. The molecule has 0 spiro atoms. The molecule has 2 aromatic rings. The first-order valence-corrected chi connectivity index (χ1v) is 10.7. The summed E-state index contributed by atoms with van der Waals surface area (Å²) < 4.78 is 11.2. The quantitative estimate of drug-likeness (QED) is 0.421. The molecule has 1 aromatic carbocycles. The Morgan fingerprint density at radius 3 is 2.38 bits per heavy atom. The number of Topliss-reactive ketones (excluding diaryl/α,β-unsaturated/α-hetero) is 1. The number of aromatic nitrogens is 1. The molecule has 2 rings (SSSR count). The van der Waals surface area contributed by atoms with Gasteiger partial charge in [0.25, 0.3) is 0 Å². The van der Waals surface area contributed by atoms with E-state index in [1.165, 1.54) is 11.3 Å². The molecule has 0 aliphatic carbocycles. The minimum absolute atomic E-state index is 0.0777. The van der Waals surface area contributed by atoms with Crippen molar-refractivity contribution in [2.75, 3.05) is 19.8 Å². The van der Waals surface area contributed by atoms with Crippen LogP contribution in [-0.4, -0.2) is 36.4 Å². The van der Waals surface area contributed by atoms with Crippen molar-refractivity contribution in [2.45, 2.75) is 53.4 Å². The maximum atomic E-state index is 12.7. The smallest absolute Gasteiger partial charge is 0.212 e. The summed E-state index contributed by atoms with van der Waals surface area (Å²) in [5.74, 6) is 0.678. The van der Waals surface area contributed by atoms with Crippen LogP contribution in [-0.2, 0) is 14.9 Å². The highest BCUT2D eigenvalue weighted by Crippen LogP contribution is 2.27. The molecular formula is C23H31NO4S. The number of benzene rings is 1. The minimum atomic E-state index is -0.336. The lowest BCUT2D eigenvalue weighted by Gasteiger charge is -2.16. The van der Waals surface area contributed by atoms with Gasteiger partial charge in [-0.05, 0) is 12.1 Å². The molecule has 0 saturated heterocycles. The molecule has 0 atom stereocenters. The maximum Gasteiger partial charge on any atom is 0.212 e. The Morgan fingerprint density at radius 1 is 1.03 bits per heavy atom. The van der Waals surface area contributed by atoms with E-state index in [-0.39, 0.29) is 22.4 Å². The lowest BCUT2D eigenvalue weighted by atomic mass is 9.89. The Balaban J connectivity index is 1.84. The van der Waals surface area contributed by atoms with Gasteiger partial charge in [0.05, 0.1) is 18.2 Å². The van der Waals surface area contributed by atoms with Crippen molar-refractivity contribution in [2.24, 2.45) is 5.41 Å². The van der Waals surface area contributed by atoms with E-state index in [0.717, 1.165) is 5.01 Å². The average Bonchev–Trinajstić information content (AvgIpc) is 3.13. The molecule has 5 nitrogen and oxygen atoms in total. The summed E-state index contributed by atoms with van der Waals surface area (Å²) in [4.78, 5) is 29.1. The molecule has 0 saturated carbocycles. The molecule has 0 amide bonds. The van der Waals surface area contributed by atoms with E-state index >= 15 is 0 Å². The van der Waals surface area contributed by atoms with Crippen molar-refractivity contribution in [3.05, 3.63) is 45.9 Å². The predicted octanol–water partition coefficient (Wildman–Crippen LogP) is 5.07. The molecule has 0 unspecified atom stereocenters. The number of thiazole rings is 1. The molecule has 0 aliphatic heterocycles. The molecule has 29 heavy (non-hydrogen) atoms. The van der Waals surface area contributed by atoms with Crippen LogP contribution in [0, 0.1) is 5.41 Å². The van der Waals surface area contributed by atoms with Gasteiger partial charge in [-0.1, -0.05) is 53.7 Å². The molecule has 0 radical (unpaired) electrons. The lowest BCUT2D eigenvalue weighted by molar-refractivity contribution is -0.127. The molecular weight excluding hydrogens is 386 g/mol. The molecule has 0 fully saturated rings. The van der Waals surface area contributed by atoms with Crippen molar-refractivity contribution in [1.29, 1.82) is 0 Å². The van der Waals surface area contributed by atoms with Gasteiger partial charge in [-0.3, -0.25) is 9.59 Å². The Morgan fingerprint density at radius 2 is 1.76 bits per heavy atom. The first kappa shape index (κ1) is 23.2. The summed E-state index contributed by atoms with van der Waals surface area (Å²) in [6.45, 7) is 13.1. The first-order chi connectivity index (χ1) is 13.5. The number of nitrogens with zero attached hydrogens (tertiary/aromatic N) is 1. The Kier molecular flexibility index (Phi) is 7.72. The van der Waals surface area contributed by atoms with E-state index in [9.17, 15) is 9.59 Å². The van der Waals surface area contributed by atoms with Gasteiger partial charge in [0, 0.05) is 28.2 Å². The van der Waals surface area contributed by atoms with Gasteiger partial charge in [-0.25, -0.2) is 4.98 Å². The fraction of sp³-hybridized carbons (Fsp3) is 0.522. The zero-order valence-corrected chi connectivity index (χ0v) is 19.0. The Labute approximate surface area is 177 Å². The third-order valence-corrected chi connectivity index (χ3v) is 5.55. The fourth-order valence-electron chi connectivity index (χ4n) is 2.46. The second-order valence-electron chi connectivity index (χ2n) is 9.03. The van der Waals surface area contributed by atoms with Crippen LogP contribution in [0.2, 0.25) is 0 Å². The standard InChI is InChI=1S/C23H31NO4S/c1-22(2,3)19(25)10-11-27-12-13-28-17-9-7-8-16(14-17)20(26)18-15-29-21(24-18)23(4,5)6/h7-9,14-15H,10-13H2,1-6H3. The summed E-state index contributed by atoms with van der Waals surface area (Å²) in [7, 11) is 0. The first-order valence-electron chi connectivity index (χ1n) is 9.83. The van der Waals surface area contributed by atoms with E-state index in [0.29, 0.717) is 43.2 Å².